The average molecular weight is 245 g/mol. The average Bonchev–Trinajstić information content (AvgIpc) is 2.32. The van der Waals surface area contributed by atoms with E-state index in [1.54, 1.807) is 0 Å². The number of carbonyl (C=O) groups is 1. The fraction of sp³-hybridized carbons (Fsp3) is 0.0769. The standard InChI is InChI=1S/C13H11NO2S/c14-12-6-5-9(7-17-8-13(15)16)10-3-1-2-4-11(10)12/h1-6H,8,14H2,(H,15,16). The Labute approximate surface area is 102 Å². The smallest absolute Gasteiger partial charge is 0.317 e. The fourth-order valence-electron chi connectivity index (χ4n) is 1.59. The van der Waals surface area contributed by atoms with E-state index in [1.807, 2.05) is 36.4 Å². The zero-order valence-corrected chi connectivity index (χ0v) is 9.83. The van der Waals surface area contributed by atoms with E-state index < -0.39 is 5.97 Å². The minimum absolute atomic E-state index is 0.0126. The van der Waals surface area contributed by atoms with Gasteiger partial charge in [-0.2, -0.15) is 0 Å². The van der Waals surface area contributed by atoms with Crippen molar-refractivity contribution in [1.29, 1.82) is 0 Å². The normalized spacial score (nSPS) is 9.88. The van der Waals surface area contributed by atoms with Crippen LogP contribution in [0.25, 0.3) is 10.8 Å². The Bertz CT molecular complexity index is 641. The third-order valence-electron chi connectivity index (χ3n) is 2.34. The highest BCUT2D eigenvalue weighted by Gasteiger charge is 2.01. The van der Waals surface area contributed by atoms with Crippen molar-refractivity contribution in [3.8, 4) is 5.18 Å². The molecule has 0 saturated carbocycles. The molecule has 0 aliphatic rings. The van der Waals surface area contributed by atoms with Crippen molar-refractivity contribution < 1.29 is 9.90 Å². The van der Waals surface area contributed by atoms with Crippen LogP contribution in [0.3, 0.4) is 0 Å². The van der Waals surface area contributed by atoms with E-state index in [-0.39, 0.29) is 5.75 Å². The molecule has 2 aromatic rings. The van der Waals surface area contributed by atoms with E-state index in [4.69, 9.17) is 10.8 Å². The van der Waals surface area contributed by atoms with Crippen LogP contribution in [0.15, 0.2) is 36.4 Å². The number of fused-ring (bicyclic) bond motifs is 1. The van der Waals surface area contributed by atoms with Crippen LogP contribution in [0.1, 0.15) is 5.56 Å². The summed E-state index contributed by atoms with van der Waals surface area (Å²) < 4.78 is 0. The number of hydrogen-bond acceptors (Lipinski definition) is 2. The monoisotopic (exact) mass is 245 g/mol. The Morgan fingerprint density at radius 3 is 2.65 bits per heavy atom. The van der Waals surface area contributed by atoms with E-state index in [2.05, 4.69) is 5.18 Å². The summed E-state index contributed by atoms with van der Waals surface area (Å²) in [6.45, 7) is 0. The van der Waals surface area contributed by atoms with E-state index in [0.717, 1.165) is 33.2 Å². The van der Waals surface area contributed by atoms with Crippen molar-refractivity contribution >= 4 is 33.6 Å². The first-order valence-corrected chi connectivity index (χ1v) is 6.04. The molecule has 0 amide bonds. The second-order valence-electron chi connectivity index (χ2n) is 3.53. The third kappa shape index (κ3) is 2.56. The predicted molar refractivity (Wildman–Crippen MR) is 71.4 cm³/mol. The number of nitrogen functional groups attached to an aromatic ring is 1. The Balaban J connectivity index is 2.51. The third-order valence-corrected chi connectivity index (χ3v) is 3.09. The van der Waals surface area contributed by atoms with Crippen molar-refractivity contribution in [3.63, 3.8) is 0 Å². The Morgan fingerprint density at radius 1 is 1.24 bits per heavy atom. The van der Waals surface area contributed by atoms with Gasteiger partial charge < -0.3 is 10.8 Å². The molecule has 0 aromatic heterocycles. The Kier molecular flexibility index (Phi) is 3.28. The van der Waals surface area contributed by atoms with Crippen molar-refractivity contribution in [2.75, 3.05) is 11.5 Å². The van der Waals surface area contributed by atoms with Crippen LogP contribution in [0.2, 0.25) is 0 Å². The van der Waals surface area contributed by atoms with E-state index >= 15 is 0 Å². The van der Waals surface area contributed by atoms with Gasteiger partial charge in [-0.1, -0.05) is 29.5 Å². The highest BCUT2D eigenvalue weighted by atomic mass is 32.1. The number of nitrogens with two attached hydrogens (primary N) is 1. The van der Waals surface area contributed by atoms with Gasteiger partial charge in [-0.25, -0.2) is 0 Å². The van der Waals surface area contributed by atoms with Gasteiger partial charge in [-0.05, 0) is 17.5 Å². The first kappa shape index (κ1) is 11.5. The van der Waals surface area contributed by atoms with E-state index in [0.29, 0.717) is 0 Å². The highest BCUT2D eigenvalue weighted by molar-refractivity contribution is 7.89. The maximum atomic E-state index is 10.4. The minimum Gasteiger partial charge on any atom is -0.480 e. The van der Waals surface area contributed by atoms with Crippen LogP contribution < -0.4 is 5.73 Å². The van der Waals surface area contributed by atoms with Crippen LogP contribution in [-0.4, -0.2) is 16.8 Å². The van der Waals surface area contributed by atoms with Gasteiger partial charge in [0.1, 0.15) is 5.75 Å². The summed E-state index contributed by atoms with van der Waals surface area (Å²) in [6, 6.07) is 11.4. The lowest BCUT2D eigenvalue weighted by atomic mass is 10.0. The summed E-state index contributed by atoms with van der Waals surface area (Å²) >= 11 is 1.14. The largest absolute Gasteiger partial charge is 0.480 e. The van der Waals surface area contributed by atoms with Crippen molar-refractivity contribution in [3.05, 3.63) is 42.0 Å². The molecule has 0 spiro atoms. The van der Waals surface area contributed by atoms with Crippen molar-refractivity contribution in [1.82, 2.24) is 0 Å². The predicted octanol–water partition coefficient (Wildman–Crippen LogP) is 2.55. The number of aliphatic carboxylic acids is 1. The molecule has 0 unspecified atom stereocenters. The molecular weight excluding hydrogens is 234 g/mol. The van der Waals surface area contributed by atoms with Gasteiger partial charge >= 0.3 is 5.97 Å². The summed E-state index contributed by atoms with van der Waals surface area (Å²) in [7, 11) is 0. The number of carboxylic acid groups (broad SMARTS) is 1. The lowest BCUT2D eigenvalue weighted by Crippen LogP contribution is -1.94. The number of anilines is 1. The Hall–Kier alpha value is -2.03. The quantitative estimate of drug-likeness (QED) is 0.759. The molecule has 0 aliphatic heterocycles. The van der Waals surface area contributed by atoms with Gasteiger partial charge in [0.05, 0.1) is 0 Å². The maximum absolute atomic E-state index is 10.4. The first-order valence-electron chi connectivity index (χ1n) is 5.05. The molecule has 4 heteroatoms. The summed E-state index contributed by atoms with van der Waals surface area (Å²) in [4.78, 5) is 10.4. The Morgan fingerprint density at radius 2 is 1.94 bits per heavy atom. The molecule has 17 heavy (non-hydrogen) atoms. The highest BCUT2D eigenvalue weighted by Crippen LogP contribution is 2.24. The number of rotatable bonds is 1. The summed E-state index contributed by atoms with van der Waals surface area (Å²) in [6.07, 6.45) is 0. The topological polar surface area (TPSA) is 63.3 Å². The molecule has 0 saturated heterocycles. The maximum Gasteiger partial charge on any atom is 0.317 e. The van der Waals surface area contributed by atoms with E-state index in [9.17, 15) is 4.79 Å². The summed E-state index contributed by atoms with van der Waals surface area (Å²) in [5, 5.41) is 13.6. The van der Waals surface area contributed by atoms with Crippen molar-refractivity contribution in [2.45, 2.75) is 0 Å². The zero-order valence-electron chi connectivity index (χ0n) is 9.01. The SMILES string of the molecule is Nc1ccc(C#SCC(=O)O)c2ccccc12. The summed E-state index contributed by atoms with van der Waals surface area (Å²) in [5.74, 6) is -0.833. The van der Waals surface area contributed by atoms with Gasteiger partial charge in [0.15, 0.2) is 0 Å². The lowest BCUT2D eigenvalue weighted by molar-refractivity contribution is -0.133. The first-order chi connectivity index (χ1) is 8.18. The van der Waals surface area contributed by atoms with Crippen LogP contribution >= 0.6 is 11.2 Å². The number of benzene rings is 2. The molecule has 0 bridgehead atoms. The molecule has 2 rings (SSSR count). The van der Waals surface area contributed by atoms with Gasteiger partial charge in [0, 0.05) is 16.6 Å². The second-order valence-corrected chi connectivity index (χ2v) is 4.31. The molecule has 0 heterocycles. The minimum atomic E-state index is -0.845. The number of hydrogen-bond donors (Lipinski definition) is 2. The molecule has 3 N–H and O–H groups in total. The fourth-order valence-corrected chi connectivity index (χ4v) is 2.12. The lowest BCUT2D eigenvalue weighted by Gasteiger charge is -2.03. The molecule has 3 nitrogen and oxygen atoms in total. The molecule has 0 atom stereocenters. The second kappa shape index (κ2) is 4.87. The molecule has 86 valence electrons. The van der Waals surface area contributed by atoms with E-state index in [1.165, 1.54) is 0 Å². The van der Waals surface area contributed by atoms with Gasteiger partial charge in [-0.3, -0.25) is 4.79 Å². The van der Waals surface area contributed by atoms with Gasteiger partial charge in [0.25, 0.3) is 0 Å². The molecule has 2 aromatic carbocycles. The van der Waals surface area contributed by atoms with Crippen molar-refractivity contribution in [2.24, 2.45) is 0 Å². The molecular formula is C13H11NO2S. The van der Waals surface area contributed by atoms with Crippen LogP contribution in [0, 0.1) is 5.18 Å². The zero-order chi connectivity index (χ0) is 12.3. The van der Waals surface area contributed by atoms with Crippen LogP contribution in [0.5, 0.6) is 0 Å². The molecule has 0 aliphatic carbocycles. The van der Waals surface area contributed by atoms with Gasteiger partial charge in [-0.15, -0.1) is 11.2 Å². The summed E-state index contributed by atoms with van der Waals surface area (Å²) in [5.41, 5.74) is 7.47. The van der Waals surface area contributed by atoms with Crippen LogP contribution in [0.4, 0.5) is 5.69 Å². The molecule has 0 radical (unpaired) electrons. The number of carboxylic acids is 1. The van der Waals surface area contributed by atoms with Crippen LogP contribution in [-0.2, 0) is 4.79 Å². The molecule has 0 fully saturated rings. The van der Waals surface area contributed by atoms with Gasteiger partial charge in [0.2, 0.25) is 0 Å².